The molecule has 6 heteroatoms. The van der Waals surface area contributed by atoms with E-state index in [-0.39, 0.29) is 10.4 Å². The Hall–Kier alpha value is 0.747. The Morgan fingerprint density at radius 3 is 2.57 bits per heavy atom. The molecule has 0 fully saturated rings. The molecule has 0 saturated heterocycles. The molecule has 0 aliphatic rings. The van der Waals surface area contributed by atoms with Crippen molar-refractivity contribution in [3.05, 3.63) is 0 Å². The van der Waals surface area contributed by atoms with Crippen molar-refractivity contribution < 1.29 is 9.53 Å². The van der Waals surface area contributed by atoms with E-state index in [1.807, 2.05) is 0 Å². The van der Waals surface area contributed by atoms with Crippen molar-refractivity contribution in [3.63, 3.8) is 0 Å². The molecular formula is C8H15BrCl2O2Si. The molecule has 0 rings (SSSR count). The molecule has 0 aromatic heterocycles. The van der Waals surface area contributed by atoms with E-state index >= 15 is 0 Å². The maximum atomic E-state index is 11.3. The molecule has 0 heterocycles. The van der Waals surface area contributed by atoms with Gasteiger partial charge in [0.15, 0.2) is 0 Å². The first-order valence-corrected chi connectivity index (χ1v) is 7.96. The van der Waals surface area contributed by atoms with E-state index in [9.17, 15) is 4.79 Å². The van der Waals surface area contributed by atoms with Crippen LogP contribution in [0, 0.1) is 0 Å². The highest BCUT2D eigenvalue weighted by Gasteiger charge is 2.24. The largest absolute Gasteiger partial charge is 0.465 e. The topological polar surface area (TPSA) is 26.3 Å². The first-order chi connectivity index (χ1) is 6.34. The molecule has 0 unspecified atom stereocenters. The Morgan fingerprint density at radius 2 is 2.14 bits per heavy atom. The van der Waals surface area contributed by atoms with E-state index in [0.29, 0.717) is 6.61 Å². The maximum Gasteiger partial charge on any atom is 0.322 e. The lowest BCUT2D eigenvalue weighted by Gasteiger charge is -2.14. The molecular weight excluding hydrogens is 307 g/mol. The van der Waals surface area contributed by atoms with Crippen molar-refractivity contribution in [2.45, 2.75) is 35.1 Å². The molecule has 0 spiro atoms. The van der Waals surface area contributed by atoms with Crippen LogP contribution in [0.15, 0.2) is 0 Å². The lowest BCUT2D eigenvalue weighted by atomic mass is 10.2. The second kappa shape index (κ2) is 7.09. The predicted octanol–water partition coefficient (Wildman–Crippen LogP) is 2.44. The quantitative estimate of drug-likeness (QED) is 0.325. The van der Waals surface area contributed by atoms with Gasteiger partial charge in [-0.25, -0.2) is 0 Å². The summed E-state index contributed by atoms with van der Waals surface area (Å²) in [6, 6.07) is 1.01. The Kier molecular flexibility index (Phi) is 7.47. The van der Waals surface area contributed by atoms with Gasteiger partial charge in [-0.05, 0) is 20.3 Å². The van der Waals surface area contributed by atoms with Gasteiger partial charge in [0.25, 0.3) is 0 Å². The van der Waals surface area contributed by atoms with Crippen molar-refractivity contribution in [1.82, 2.24) is 0 Å². The van der Waals surface area contributed by atoms with Crippen LogP contribution in [0.2, 0.25) is 6.04 Å². The van der Waals surface area contributed by atoms with Gasteiger partial charge in [0.05, 0.1) is 20.6 Å². The molecule has 0 amide bonds. The highest BCUT2D eigenvalue weighted by atomic mass is 79.9. The number of rotatable bonds is 6. The van der Waals surface area contributed by atoms with Gasteiger partial charge in [-0.1, -0.05) is 22.0 Å². The fraction of sp³-hybridized carbons (Fsp3) is 0.875. The highest BCUT2D eigenvalue weighted by Crippen LogP contribution is 2.17. The Morgan fingerprint density at radius 1 is 1.57 bits per heavy atom. The first kappa shape index (κ1) is 14.7. The van der Waals surface area contributed by atoms with Crippen LogP contribution < -0.4 is 0 Å². The number of carbonyl (C=O) groups excluding carboxylic acids is 1. The number of halogens is 3. The van der Waals surface area contributed by atoms with E-state index in [1.165, 1.54) is 0 Å². The highest BCUT2D eigenvalue weighted by molar-refractivity contribution is 9.10. The number of esters is 1. The first-order valence-electron chi connectivity index (χ1n) is 4.48. The minimum Gasteiger partial charge on any atom is -0.465 e. The SMILES string of the molecule is CC(C)(Br)C(=O)OCCC[SiH2]C(Cl)Cl. The van der Waals surface area contributed by atoms with Crippen molar-refractivity contribution >= 4 is 54.6 Å². The summed E-state index contributed by atoms with van der Waals surface area (Å²) < 4.78 is 4.27. The van der Waals surface area contributed by atoms with Crippen molar-refractivity contribution in [2.75, 3.05) is 6.61 Å². The van der Waals surface area contributed by atoms with Gasteiger partial charge in [-0.2, -0.15) is 0 Å². The van der Waals surface area contributed by atoms with Gasteiger partial charge in [0.2, 0.25) is 0 Å². The van der Waals surface area contributed by atoms with Gasteiger partial charge in [0, 0.05) is 0 Å². The van der Waals surface area contributed by atoms with E-state index in [2.05, 4.69) is 15.9 Å². The summed E-state index contributed by atoms with van der Waals surface area (Å²) in [5, 5.41) is 0. The van der Waals surface area contributed by atoms with Gasteiger partial charge < -0.3 is 4.74 Å². The molecule has 0 aromatic carbocycles. The average Bonchev–Trinajstić information content (AvgIpc) is 2.01. The maximum absolute atomic E-state index is 11.3. The molecule has 0 radical (unpaired) electrons. The summed E-state index contributed by atoms with van der Waals surface area (Å²) in [4.78, 5) is 11.3. The fourth-order valence-electron chi connectivity index (χ4n) is 0.737. The molecule has 2 nitrogen and oxygen atoms in total. The third kappa shape index (κ3) is 8.09. The summed E-state index contributed by atoms with van der Waals surface area (Å²) in [6.07, 6.45) is 0.858. The zero-order valence-electron chi connectivity index (χ0n) is 8.36. The normalized spacial score (nSPS) is 12.7. The summed E-state index contributed by atoms with van der Waals surface area (Å²) in [7, 11) is -0.405. The van der Waals surface area contributed by atoms with Gasteiger partial charge >= 0.3 is 5.97 Å². The van der Waals surface area contributed by atoms with Crippen LogP contribution >= 0.6 is 39.1 Å². The Bertz CT molecular complexity index is 183. The third-order valence-electron chi connectivity index (χ3n) is 1.54. The van der Waals surface area contributed by atoms with Crippen LogP contribution in [0.3, 0.4) is 0 Å². The van der Waals surface area contributed by atoms with E-state index in [1.54, 1.807) is 13.8 Å². The summed E-state index contributed by atoms with van der Waals surface area (Å²) in [5.74, 6) is -0.229. The summed E-state index contributed by atoms with van der Waals surface area (Å²) in [5.41, 5.74) is 0. The zero-order valence-corrected chi connectivity index (χ0v) is 12.9. The van der Waals surface area contributed by atoms with Crippen LogP contribution in [0.1, 0.15) is 20.3 Å². The Labute approximate surface area is 106 Å². The van der Waals surface area contributed by atoms with E-state index in [4.69, 9.17) is 27.9 Å². The smallest absolute Gasteiger partial charge is 0.322 e. The molecule has 0 atom stereocenters. The van der Waals surface area contributed by atoms with Crippen molar-refractivity contribution in [3.8, 4) is 0 Å². The van der Waals surface area contributed by atoms with Crippen LogP contribution in [-0.2, 0) is 9.53 Å². The molecule has 0 aromatic rings. The summed E-state index contributed by atoms with van der Waals surface area (Å²) in [6.45, 7) is 3.98. The molecule has 0 aliphatic heterocycles. The number of hydrogen-bond donors (Lipinski definition) is 0. The molecule has 0 bridgehead atoms. The van der Waals surface area contributed by atoms with E-state index in [0.717, 1.165) is 12.5 Å². The lowest BCUT2D eigenvalue weighted by Crippen LogP contribution is -2.26. The second-order valence-corrected chi connectivity index (χ2v) is 9.89. The average molecular weight is 322 g/mol. The fourth-order valence-corrected chi connectivity index (χ4v) is 2.58. The lowest BCUT2D eigenvalue weighted by molar-refractivity contribution is -0.145. The van der Waals surface area contributed by atoms with Crippen LogP contribution in [0.25, 0.3) is 0 Å². The van der Waals surface area contributed by atoms with E-state index < -0.39 is 13.8 Å². The molecule has 14 heavy (non-hydrogen) atoms. The molecule has 0 saturated carbocycles. The number of alkyl halides is 3. The van der Waals surface area contributed by atoms with Gasteiger partial charge in [-0.15, -0.1) is 23.2 Å². The second-order valence-electron chi connectivity index (χ2n) is 3.50. The number of ether oxygens (including phenoxy) is 1. The van der Waals surface area contributed by atoms with Crippen molar-refractivity contribution in [2.24, 2.45) is 0 Å². The summed E-state index contributed by atoms with van der Waals surface area (Å²) >= 11 is 14.4. The third-order valence-corrected chi connectivity index (χ3v) is 4.51. The molecule has 84 valence electrons. The van der Waals surface area contributed by atoms with Gasteiger partial charge in [0.1, 0.15) is 4.32 Å². The predicted molar refractivity (Wildman–Crippen MR) is 67.4 cm³/mol. The number of carbonyl (C=O) groups is 1. The van der Waals surface area contributed by atoms with Crippen LogP contribution in [-0.4, -0.2) is 30.9 Å². The Balaban J connectivity index is 3.42. The standard InChI is InChI=1S/C8H15BrCl2O2Si/c1-8(2,9)6(12)13-4-3-5-14-7(10)11/h7H,3-5,14H2,1-2H3. The minimum atomic E-state index is -0.591. The van der Waals surface area contributed by atoms with Gasteiger partial charge in [-0.3, -0.25) is 4.79 Å². The monoisotopic (exact) mass is 320 g/mol. The van der Waals surface area contributed by atoms with Crippen LogP contribution in [0.5, 0.6) is 0 Å². The zero-order chi connectivity index (χ0) is 11.2. The van der Waals surface area contributed by atoms with Crippen molar-refractivity contribution in [1.29, 1.82) is 0 Å². The number of hydrogen-bond acceptors (Lipinski definition) is 2. The molecule has 0 N–H and O–H groups in total. The minimum absolute atomic E-state index is 0.182. The molecule has 0 aliphatic carbocycles. The van der Waals surface area contributed by atoms with Crippen LogP contribution in [0.4, 0.5) is 0 Å².